The zero-order chi connectivity index (χ0) is 10.2. The predicted molar refractivity (Wildman–Crippen MR) is 63.6 cm³/mol. The summed E-state index contributed by atoms with van der Waals surface area (Å²) in [5, 5.41) is 3.39. The van der Waals surface area contributed by atoms with E-state index < -0.39 is 0 Å². The SMILES string of the molecule is CCCC=C(C)CNc1ccccc1. The highest BCUT2D eigenvalue weighted by Gasteiger charge is 1.90. The monoisotopic (exact) mass is 189 g/mol. The van der Waals surface area contributed by atoms with Crippen LogP contribution in [0.2, 0.25) is 0 Å². The number of benzene rings is 1. The minimum absolute atomic E-state index is 0.948. The molecule has 76 valence electrons. The van der Waals surface area contributed by atoms with Crippen LogP contribution in [0, 0.1) is 0 Å². The third-order valence-corrected chi connectivity index (χ3v) is 2.13. The van der Waals surface area contributed by atoms with Gasteiger partial charge in [0.2, 0.25) is 0 Å². The first kappa shape index (κ1) is 10.8. The van der Waals surface area contributed by atoms with Gasteiger partial charge < -0.3 is 5.32 Å². The van der Waals surface area contributed by atoms with Gasteiger partial charge >= 0.3 is 0 Å². The van der Waals surface area contributed by atoms with Crippen molar-refractivity contribution in [3.63, 3.8) is 0 Å². The molecule has 0 spiro atoms. The van der Waals surface area contributed by atoms with Gasteiger partial charge in [-0.25, -0.2) is 0 Å². The predicted octanol–water partition coefficient (Wildman–Crippen LogP) is 3.84. The first-order chi connectivity index (χ1) is 6.83. The molecule has 1 heteroatoms. The Labute approximate surface area is 86.8 Å². The molecule has 1 rings (SSSR count). The van der Waals surface area contributed by atoms with Gasteiger partial charge in [-0.15, -0.1) is 0 Å². The molecule has 0 aliphatic carbocycles. The lowest BCUT2D eigenvalue weighted by Gasteiger charge is -2.05. The maximum absolute atomic E-state index is 3.39. The Morgan fingerprint density at radius 1 is 1.29 bits per heavy atom. The molecule has 0 aliphatic rings. The van der Waals surface area contributed by atoms with E-state index in [1.165, 1.54) is 24.1 Å². The highest BCUT2D eigenvalue weighted by molar-refractivity contribution is 5.43. The van der Waals surface area contributed by atoms with Crippen molar-refractivity contribution in [3.8, 4) is 0 Å². The Hall–Kier alpha value is -1.24. The van der Waals surface area contributed by atoms with Gasteiger partial charge in [0, 0.05) is 12.2 Å². The van der Waals surface area contributed by atoms with Crippen molar-refractivity contribution in [1.82, 2.24) is 0 Å². The molecule has 1 N–H and O–H groups in total. The average molecular weight is 189 g/mol. The number of nitrogens with one attached hydrogen (secondary N) is 1. The molecule has 0 unspecified atom stereocenters. The number of allylic oxidation sites excluding steroid dienone is 1. The molecular weight excluding hydrogens is 170 g/mol. The number of para-hydroxylation sites is 1. The molecule has 0 saturated carbocycles. The van der Waals surface area contributed by atoms with Gasteiger partial charge in [-0.05, 0) is 25.5 Å². The summed E-state index contributed by atoms with van der Waals surface area (Å²) in [6.45, 7) is 5.32. The quantitative estimate of drug-likeness (QED) is 0.694. The van der Waals surface area contributed by atoms with Crippen molar-refractivity contribution >= 4 is 5.69 Å². The largest absolute Gasteiger partial charge is 0.381 e. The van der Waals surface area contributed by atoms with E-state index in [-0.39, 0.29) is 0 Å². The lowest BCUT2D eigenvalue weighted by Crippen LogP contribution is -2.02. The Bertz CT molecular complexity index is 275. The van der Waals surface area contributed by atoms with Gasteiger partial charge in [-0.2, -0.15) is 0 Å². The van der Waals surface area contributed by atoms with E-state index >= 15 is 0 Å². The molecule has 1 aromatic rings. The van der Waals surface area contributed by atoms with E-state index in [2.05, 4.69) is 37.4 Å². The normalized spacial score (nSPS) is 11.4. The number of unbranched alkanes of at least 4 members (excludes halogenated alkanes) is 1. The number of hydrogen-bond acceptors (Lipinski definition) is 1. The van der Waals surface area contributed by atoms with E-state index in [1.807, 2.05) is 18.2 Å². The van der Waals surface area contributed by atoms with Crippen molar-refractivity contribution in [3.05, 3.63) is 42.0 Å². The van der Waals surface area contributed by atoms with Crippen LogP contribution >= 0.6 is 0 Å². The maximum atomic E-state index is 3.39. The summed E-state index contributed by atoms with van der Waals surface area (Å²) in [6, 6.07) is 10.3. The molecular formula is C13H19N. The third kappa shape index (κ3) is 4.13. The van der Waals surface area contributed by atoms with Crippen molar-refractivity contribution < 1.29 is 0 Å². The minimum Gasteiger partial charge on any atom is -0.381 e. The molecule has 1 aromatic carbocycles. The zero-order valence-electron chi connectivity index (χ0n) is 9.09. The lowest BCUT2D eigenvalue weighted by atomic mass is 10.2. The smallest absolute Gasteiger partial charge is 0.0357 e. The van der Waals surface area contributed by atoms with E-state index in [9.17, 15) is 0 Å². The van der Waals surface area contributed by atoms with Crippen LogP contribution in [-0.4, -0.2) is 6.54 Å². The van der Waals surface area contributed by atoms with Gasteiger partial charge in [-0.1, -0.05) is 43.2 Å². The van der Waals surface area contributed by atoms with Gasteiger partial charge in [0.1, 0.15) is 0 Å². The van der Waals surface area contributed by atoms with Gasteiger partial charge in [-0.3, -0.25) is 0 Å². The molecule has 0 amide bonds. The van der Waals surface area contributed by atoms with Crippen molar-refractivity contribution in [2.24, 2.45) is 0 Å². The average Bonchev–Trinajstić information content (AvgIpc) is 2.25. The molecule has 0 heterocycles. The van der Waals surface area contributed by atoms with Gasteiger partial charge in [0.15, 0.2) is 0 Å². The van der Waals surface area contributed by atoms with Gasteiger partial charge in [0.25, 0.3) is 0 Å². The van der Waals surface area contributed by atoms with E-state index in [1.54, 1.807) is 0 Å². The number of rotatable bonds is 5. The summed E-state index contributed by atoms with van der Waals surface area (Å²) in [4.78, 5) is 0. The topological polar surface area (TPSA) is 12.0 Å². The summed E-state index contributed by atoms with van der Waals surface area (Å²) >= 11 is 0. The summed E-state index contributed by atoms with van der Waals surface area (Å²) in [5.74, 6) is 0. The van der Waals surface area contributed by atoms with Crippen LogP contribution in [0.5, 0.6) is 0 Å². The Morgan fingerprint density at radius 3 is 2.64 bits per heavy atom. The second-order valence-electron chi connectivity index (χ2n) is 3.56. The second-order valence-corrected chi connectivity index (χ2v) is 3.56. The lowest BCUT2D eigenvalue weighted by molar-refractivity contribution is 0.943. The van der Waals surface area contributed by atoms with E-state index in [0.29, 0.717) is 0 Å². The van der Waals surface area contributed by atoms with Crippen molar-refractivity contribution in [2.75, 3.05) is 11.9 Å². The third-order valence-electron chi connectivity index (χ3n) is 2.13. The number of anilines is 1. The summed E-state index contributed by atoms with van der Waals surface area (Å²) < 4.78 is 0. The van der Waals surface area contributed by atoms with Crippen LogP contribution in [0.15, 0.2) is 42.0 Å². The zero-order valence-corrected chi connectivity index (χ0v) is 9.09. The Kier molecular flexibility index (Phi) is 4.84. The molecule has 14 heavy (non-hydrogen) atoms. The summed E-state index contributed by atoms with van der Waals surface area (Å²) in [6.07, 6.45) is 4.71. The highest BCUT2D eigenvalue weighted by atomic mass is 14.9. The first-order valence-corrected chi connectivity index (χ1v) is 5.27. The number of hydrogen-bond donors (Lipinski definition) is 1. The van der Waals surface area contributed by atoms with E-state index in [0.717, 1.165) is 6.54 Å². The van der Waals surface area contributed by atoms with Crippen LogP contribution in [0.4, 0.5) is 5.69 Å². The highest BCUT2D eigenvalue weighted by Crippen LogP contribution is 2.06. The van der Waals surface area contributed by atoms with Crippen LogP contribution in [0.3, 0.4) is 0 Å². The Morgan fingerprint density at radius 2 is 2.00 bits per heavy atom. The van der Waals surface area contributed by atoms with Crippen molar-refractivity contribution in [1.29, 1.82) is 0 Å². The fourth-order valence-electron chi connectivity index (χ4n) is 1.26. The van der Waals surface area contributed by atoms with Gasteiger partial charge in [0.05, 0.1) is 0 Å². The molecule has 0 radical (unpaired) electrons. The molecule has 0 bridgehead atoms. The molecule has 0 fully saturated rings. The second kappa shape index (κ2) is 6.25. The van der Waals surface area contributed by atoms with Crippen LogP contribution in [0.25, 0.3) is 0 Å². The molecule has 1 nitrogen and oxygen atoms in total. The molecule has 0 aromatic heterocycles. The first-order valence-electron chi connectivity index (χ1n) is 5.27. The van der Waals surface area contributed by atoms with Crippen LogP contribution in [-0.2, 0) is 0 Å². The molecule has 0 atom stereocenters. The summed E-state index contributed by atoms with van der Waals surface area (Å²) in [5.41, 5.74) is 2.60. The maximum Gasteiger partial charge on any atom is 0.0357 e. The standard InChI is InChI=1S/C13H19N/c1-3-4-8-12(2)11-14-13-9-6-5-7-10-13/h5-10,14H,3-4,11H2,1-2H3. The molecule has 0 aliphatic heterocycles. The molecule has 0 saturated heterocycles. The Balaban J connectivity index is 2.34. The fourth-order valence-corrected chi connectivity index (χ4v) is 1.26. The fraction of sp³-hybridized carbons (Fsp3) is 0.385. The summed E-state index contributed by atoms with van der Waals surface area (Å²) in [7, 11) is 0. The van der Waals surface area contributed by atoms with Crippen LogP contribution < -0.4 is 5.32 Å². The minimum atomic E-state index is 0.948. The van der Waals surface area contributed by atoms with Crippen molar-refractivity contribution in [2.45, 2.75) is 26.7 Å². The van der Waals surface area contributed by atoms with E-state index in [4.69, 9.17) is 0 Å². The van der Waals surface area contributed by atoms with Crippen LogP contribution in [0.1, 0.15) is 26.7 Å².